The predicted molar refractivity (Wildman–Crippen MR) is 71.1 cm³/mol. The first-order valence-corrected chi connectivity index (χ1v) is 5.47. The van der Waals surface area contributed by atoms with Crippen LogP contribution in [0.5, 0.6) is 5.75 Å². The molecule has 0 aliphatic carbocycles. The lowest BCUT2D eigenvalue weighted by Crippen LogP contribution is -1.91. The SMILES string of the molecule is C#Cc1cccc(-c2c(C)cccc2OC)c1. The van der Waals surface area contributed by atoms with Gasteiger partial charge in [-0.3, -0.25) is 0 Å². The molecule has 2 aromatic carbocycles. The molecule has 0 fully saturated rings. The number of hydrogen-bond acceptors (Lipinski definition) is 1. The van der Waals surface area contributed by atoms with Crippen molar-refractivity contribution in [2.24, 2.45) is 0 Å². The van der Waals surface area contributed by atoms with E-state index in [0.717, 1.165) is 22.4 Å². The molecule has 0 aromatic heterocycles. The standard InChI is InChI=1S/C16H14O/c1-4-13-8-6-9-14(11-13)16-12(2)7-5-10-15(16)17-3/h1,5-11H,2-3H3. The monoisotopic (exact) mass is 222 g/mol. The average molecular weight is 222 g/mol. The van der Waals surface area contributed by atoms with E-state index in [0.29, 0.717) is 0 Å². The minimum absolute atomic E-state index is 0.874. The minimum atomic E-state index is 0.874. The van der Waals surface area contributed by atoms with Crippen molar-refractivity contribution in [1.29, 1.82) is 0 Å². The van der Waals surface area contributed by atoms with E-state index in [1.807, 2.05) is 36.4 Å². The molecular formula is C16H14O. The molecule has 1 nitrogen and oxygen atoms in total. The topological polar surface area (TPSA) is 9.23 Å². The van der Waals surface area contributed by atoms with Gasteiger partial charge in [-0.05, 0) is 36.2 Å². The van der Waals surface area contributed by atoms with Gasteiger partial charge in [-0.15, -0.1) is 6.42 Å². The van der Waals surface area contributed by atoms with Crippen molar-refractivity contribution in [3.05, 3.63) is 53.6 Å². The van der Waals surface area contributed by atoms with Crippen molar-refractivity contribution >= 4 is 0 Å². The molecule has 0 saturated heterocycles. The number of benzene rings is 2. The minimum Gasteiger partial charge on any atom is -0.496 e. The van der Waals surface area contributed by atoms with Crippen LogP contribution in [0.4, 0.5) is 0 Å². The van der Waals surface area contributed by atoms with E-state index in [9.17, 15) is 0 Å². The van der Waals surface area contributed by atoms with E-state index in [-0.39, 0.29) is 0 Å². The quantitative estimate of drug-likeness (QED) is 0.705. The number of ether oxygens (including phenoxy) is 1. The van der Waals surface area contributed by atoms with Gasteiger partial charge in [0, 0.05) is 11.1 Å². The molecule has 0 amide bonds. The first-order chi connectivity index (χ1) is 8.26. The Morgan fingerprint density at radius 1 is 1.12 bits per heavy atom. The summed E-state index contributed by atoms with van der Waals surface area (Å²) in [5, 5.41) is 0. The van der Waals surface area contributed by atoms with E-state index in [1.165, 1.54) is 5.56 Å². The third-order valence-electron chi connectivity index (χ3n) is 2.77. The zero-order valence-electron chi connectivity index (χ0n) is 10.0. The molecule has 0 heterocycles. The molecule has 0 N–H and O–H groups in total. The Bertz CT molecular complexity index is 576. The number of hydrogen-bond donors (Lipinski definition) is 0. The molecule has 0 aliphatic rings. The van der Waals surface area contributed by atoms with Crippen LogP contribution in [0.3, 0.4) is 0 Å². The van der Waals surface area contributed by atoms with Gasteiger partial charge >= 0.3 is 0 Å². The predicted octanol–water partition coefficient (Wildman–Crippen LogP) is 3.65. The second-order valence-electron chi connectivity index (χ2n) is 3.88. The van der Waals surface area contributed by atoms with Gasteiger partial charge in [0.1, 0.15) is 5.75 Å². The number of methoxy groups -OCH3 is 1. The van der Waals surface area contributed by atoms with Crippen molar-refractivity contribution in [3.8, 4) is 29.2 Å². The maximum atomic E-state index is 5.42. The van der Waals surface area contributed by atoms with Gasteiger partial charge < -0.3 is 4.74 Å². The highest BCUT2D eigenvalue weighted by molar-refractivity contribution is 5.74. The fraction of sp³-hybridized carbons (Fsp3) is 0.125. The molecule has 0 aliphatic heterocycles. The van der Waals surface area contributed by atoms with Gasteiger partial charge in [-0.1, -0.05) is 30.2 Å². The Hall–Kier alpha value is -2.20. The highest BCUT2D eigenvalue weighted by atomic mass is 16.5. The lowest BCUT2D eigenvalue weighted by Gasteiger charge is -2.11. The van der Waals surface area contributed by atoms with Crippen LogP contribution < -0.4 is 4.74 Å². The molecule has 0 saturated carbocycles. The average Bonchev–Trinajstić information content (AvgIpc) is 2.38. The number of terminal acetylenes is 1. The first-order valence-electron chi connectivity index (χ1n) is 5.47. The Balaban J connectivity index is 2.64. The van der Waals surface area contributed by atoms with Crippen molar-refractivity contribution in [3.63, 3.8) is 0 Å². The summed E-state index contributed by atoms with van der Waals surface area (Å²) in [4.78, 5) is 0. The van der Waals surface area contributed by atoms with Gasteiger partial charge in [0.25, 0.3) is 0 Å². The highest BCUT2D eigenvalue weighted by Gasteiger charge is 2.08. The van der Waals surface area contributed by atoms with Crippen LogP contribution >= 0.6 is 0 Å². The molecule has 0 radical (unpaired) electrons. The summed E-state index contributed by atoms with van der Waals surface area (Å²) in [6.45, 7) is 2.07. The van der Waals surface area contributed by atoms with Crippen LogP contribution in [0.2, 0.25) is 0 Å². The van der Waals surface area contributed by atoms with Crippen molar-refractivity contribution < 1.29 is 4.74 Å². The molecule has 0 unspecified atom stereocenters. The molecule has 1 heteroatoms. The number of rotatable bonds is 2. The highest BCUT2D eigenvalue weighted by Crippen LogP contribution is 2.33. The molecular weight excluding hydrogens is 208 g/mol. The lowest BCUT2D eigenvalue weighted by molar-refractivity contribution is 0.416. The number of aryl methyl sites for hydroxylation is 1. The Morgan fingerprint density at radius 3 is 2.59 bits per heavy atom. The largest absolute Gasteiger partial charge is 0.496 e. The van der Waals surface area contributed by atoms with Crippen LogP contribution in [0.15, 0.2) is 42.5 Å². The summed E-state index contributed by atoms with van der Waals surface area (Å²) in [5.74, 6) is 3.53. The summed E-state index contributed by atoms with van der Waals surface area (Å²) < 4.78 is 5.40. The molecule has 2 aromatic rings. The van der Waals surface area contributed by atoms with E-state index in [2.05, 4.69) is 18.9 Å². The normalized spacial score (nSPS) is 9.71. The second kappa shape index (κ2) is 4.76. The molecule has 84 valence electrons. The summed E-state index contributed by atoms with van der Waals surface area (Å²) in [6.07, 6.45) is 5.42. The Morgan fingerprint density at radius 2 is 1.88 bits per heavy atom. The zero-order chi connectivity index (χ0) is 12.3. The van der Waals surface area contributed by atoms with Gasteiger partial charge in [0.15, 0.2) is 0 Å². The van der Waals surface area contributed by atoms with Gasteiger partial charge in [0.05, 0.1) is 7.11 Å². The van der Waals surface area contributed by atoms with Gasteiger partial charge in [-0.25, -0.2) is 0 Å². The van der Waals surface area contributed by atoms with E-state index >= 15 is 0 Å². The van der Waals surface area contributed by atoms with Crippen LogP contribution in [0, 0.1) is 19.3 Å². The summed E-state index contributed by atoms with van der Waals surface area (Å²) >= 11 is 0. The Labute approximate surface area is 102 Å². The van der Waals surface area contributed by atoms with Crippen molar-refractivity contribution in [2.45, 2.75) is 6.92 Å². The van der Waals surface area contributed by atoms with E-state index < -0.39 is 0 Å². The third kappa shape index (κ3) is 2.16. The molecule has 0 atom stereocenters. The van der Waals surface area contributed by atoms with Crippen LogP contribution in [-0.4, -0.2) is 7.11 Å². The van der Waals surface area contributed by atoms with Crippen molar-refractivity contribution in [1.82, 2.24) is 0 Å². The maximum Gasteiger partial charge on any atom is 0.126 e. The van der Waals surface area contributed by atoms with Gasteiger partial charge in [0.2, 0.25) is 0 Å². The van der Waals surface area contributed by atoms with E-state index in [1.54, 1.807) is 7.11 Å². The summed E-state index contributed by atoms with van der Waals surface area (Å²) in [7, 11) is 1.68. The van der Waals surface area contributed by atoms with Gasteiger partial charge in [-0.2, -0.15) is 0 Å². The molecule has 2 rings (SSSR count). The molecule has 0 bridgehead atoms. The van der Waals surface area contributed by atoms with E-state index in [4.69, 9.17) is 11.2 Å². The fourth-order valence-electron chi connectivity index (χ4n) is 1.95. The van der Waals surface area contributed by atoms with Crippen LogP contribution in [-0.2, 0) is 0 Å². The zero-order valence-corrected chi connectivity index (χ0v) is 10.0. The van der Waals surface area contributed by atoms with Crippen molar-refractivity contribution in [2.75, 3.05) is 7.11 Å². The maximum absolute atomic E-state index is 5.42. The third-order valence-corrected chi connectivity index (χ3v) is 2.77. The first kappa shape index (κ1) is 11.3. The van der Waals surface area contributed by atoms with Crippen LogP contribution in [0.1, 0.15) is 11.1 Å². The molecule has 17 heavy (non-hydrogen) atoms. The lowest BCUT2D eigenvalue weighted by atomic mass is 9.98. The fourth-order valence-corrected chi connectivity index (χ4v) is 1.95. The smallest absolute Gasteiger partial charge is 0.126 e. The Kier molecular flexibility index (Phi) is 3.16. The summed E-state index contributed by atoms with van der Waals surface area (Å²) in [6, 6.07) is 14.0. The van der Waals surface area contributed by atoms with Crippen LogP contribution in [0.25, 0.3) is 11.1 Å². The molecule has 0 spiro atoms. The summed E-state index contributed by atoms with van der Waals surface area (Å²) in [5.41, 5.74) is 4.26. The second-order valence-corrected chi connectivity index (χ2v) is 3.88.